The lowest BCUT2D eigenvalue weighted by molar-refractivity contribution is -0.144. The zero-order chi connectivity index (χ0) is 20.2. The van der Waals surface area contributed by atoms with Crippen molar-refractivity contribution in [2.75, 3.05) is 13.1 Å². The number of unbranched alkanes of at least 4 members (excludes halogenated alkanes) is 3. The monoisotopic (exact) mass is 381 g/mol. The molecule has 1 aliphatic heterocycles. The zero-order valence-corrected chi connectivity index (χ0v) is 16.1. The number of nitrogens with zero attached hydrogens (tertiary/aromatic N) is 1. The van der Waals surface area contributed by atoms with Gasteiger partial charge < -0.3 is 20.6 Å². The van der Waals surface area contributed by atoms with Gasteiger partial charge in [0, 0.05) is 12.5 Å². The molecule has 1 saturated heterocycles. The number of carbonyl (C=O) groups is 4. The highest BCUT2D eigenvalue weighted by Gasteiger charge is 2.36. The molecular formula is C19H31N3O5. The lowest BCUT2D eigenvalue weighted by Crippen LogP contribution is -2.53. The molecule has 3 amide bonds. The Morgan fingerprint density at radius 2 is 2.04 bits per heavy atom. The summed E-state index contributed by atoms with van der Waals surface area (Å²) in [5.74, 6) is -2.29. The summed E-state index contributed by atoms with van der Waals surface area (Å²) in [6.45, 7) is 4.12. The van der Waals surface area contributed by atoms with E-state index in [0.717, 1.165) is 25.7 Å². The number of amides is 3. The van der Waals surface area contributed by atoms with Crippen LogP contribution < -0.4 is 10.6 Å². The predicted molar refractivity (Wildman–Crippen MR) is 101 cm³/mol. The number of carboxylic acids is 1. The first-order valence-corrected chi connectivity index (χ1v) is 9.58. The normalized spacial score (nSPS) is 18.9. The minimum atomic E-state index is -1.10. The van der Waals surface area contributed by atoms with Crippen LogP contribution in [0.1, 0.15) is 52.4 Å². The van der Waals surface area contributed by atoms with E-state index in [2.05, 4.69) is 17.6 Å². The van der Waals surface area contributed by atoms with Gasteiger partial charge in [0.25, 0.3) is 0 Å². The van der Waals surface area contributed by atoms with Crippen molar-refractivity contribution < 1.29 is 24.3 Å². The molecule has 1 aliphatic rings. The van der Waals surface area contributed by atoms with Crippen molar-refractivity contribution in [3.8, 4) is 0 Å². The van der Waals surface area contributed by atoms with Crippen molar-refractivity contribution in [3.63, 3.8) is 0 Å². The number of likely N-dealkylation sites (tertiary alicyclic amines) is 1. The van der Waals surface area contributed by atoms with Crippen LogP contribution in [0.25, 0.3) is 0 Å². The summed E-state index contributed by atoms with van der Waals surface area (Å²) < 4.78 is 0. The van der Waals surface area contributed by atoms with Gasteiger partial charge in [0.2, 0.25) is 18.2 Å². The van der Waals surface area contributed by atoms with Crippen molar-refractivity contribution >= 4 is 24.2 Å². The third-order valence-electron chi connectivity index (χ3n) is 4.72. The first kappa shape index (κ1) is 22.7. The van der Waals surface area contributed by atoms with Crippen molar-refractivity contribution in [3.05, 3.63) is 12.2 Å². The van der Waals surface area contributed by atoms with Crippen LogP contribution in [-0.2, 0) is 19.2 Å². The van der Waals surface area contributed by atoms with Crippen LogP contribution in [0.15, 0.2) is 12.2 Å². The molecule has 3 N–H and O–H groups in total. The fraction of sp³-hybridized carbons (Fsp3) is 0.684. The van der Waals surface area contributed by atoms with Gasteiger partial charge in [0.05, 0.1) is 6.54 Å². The molecule has 3 atom stereocenters. The Bertz CT molecular complexity index is 549. The molecule has 0 aromatic carbocycles. The fourth-order valence-electron chi connectivity index (χ4n) is 3.17. The Morgan fingerprint density at radius 1 is 1.30 bits per heavy atom. The maximum atomic E-state index is 12.6. The quantitative estimate of drug-likeness (QED) is 0.266. The third-order valence-corrected chi connectivity index (χ3v) is 4.72. The topological polar surface area (TPSA) is 116 Å². The molecule has 8 heteroatoms. The van der Waals surface area contributed by atoms with Gasteiger partial charge in [0.15, 0.2) is 0 Å². The summed E-state index contributed by atoms with van der Waals surface area (Å²) in [6.07, 6.45) is 9.53. The summed E-state index contributed by atoms with van der Waals surface area (Å²) in [5.41, 5.74) is 0. The van der Waals surface area contributed by atoms with E-state index in [1.165, 1.54) is 4.90 Å². The molecule has 0 aliphatic carbocycles. The van der Waals surface area contributed by atoms with Crippen LogP contribution in [0.5, 0.6) is 0 Å². The van der Waals surface area contributed by atoms with Crippen molar-refractivity contribution in [2.45, 2.75) is 64.5 Å². The van der Waals surface area contributed by atoms with Gasteiger partial charge in [0.1, 0.15) is 12.1 Å². The van der Waals surface area contributed by atoms with Crippen LogP contribution in [0, 0.1) is 5.92 Å². The van der Waals surface area contributed by atoms with Crippen molar-refractivity contribution in [2.24, 2.45) is 5.92 Å². The summed E-state index contributed by atoms with van der Waals surface area (Å²) in [5, 5.41) is 14.4. The van der Waals surface area contributed by atoms with Gasteiger partial charge in [-0.1, -0.05) is 38.8 Å². The molecule has 0 bridgehead atoms. The molecule has 0 saturated carbocycles. The molecule has 0 aromatic rings. The maximum absolute atomic E-state index is 12.6. The second-order valence-corrected chi connectivity index (χ2v) is 6.85. The van der Waals surface area contributed by atoms with Gasteiger partial charge in [-0.05, 0) is 25.7 Å². The molecule has 1 heterocycles. The molecule has 152 valence electrons. The molecule has 1 rings (SSSR count). The van der Waals surface area contributed by atoms with E-state index in [4.69, 9.17) is 0 Å². The summed E-state index contributed by atoms with van der Waals surface area (Å²) in [7, 11) is 0. The Labute approximate surface area is 160 Å². The number of hydrogen-bond donors (Lipinski definition) is 3. The van der Waals surface area contributed by atoms with E-state index >= 15 is 0 Å². The smallest absolute Gasteiger partial charge is 0.326 e. The second-order valence-electron chi connectivity index (χ2n) is 6.85. The van der Waals surface area contributed by atoms with Crippen LogP contribution in [0.4, 0.5) is 0 Å². The molecule has 2 unspecified atom stereocenters. The number of carboxylic acid groups (broad SMARTS) is 1. The van der Waals surface area contributed by atoms with E-state index in [1.54, 1.807) is 6.92 Å². The Morgan fingerprint density at radius 3 is 2.67 bits per heavy atom. The van der Waals surface area contributed by atoms with E-state index in [1.807, 2.05) is 12.2 Å². The lowest BCUT2D eigenvalue weighted by atomic mass is 10.00. The van der Waals surface area contributed by atoms with E-state index < -0.39 is 24.0 Å². The molecule has 8 nitrogen and oxygen atoms in total. The minimum Gasteiger partial charge on any atom is -0.480 e. The second kappa shape index (κ2) is 12.1. The number of aliphatic carboxylic acids is 1. The van der Waals surface area contributed by atoms with E-state index in [-0.39, 0.29) is 18.4 Å². The number of rotatable bonds is 12. The lowest BCUT2D eigenvalue weighted by Gasteiger charge is -2.26. The number of carbonyl (C=O) groups excluding carboxylic acids is 3. The Balaban J connectivity index is 2.67. The first-order chi connectivity index (χ1) is 12.9. The maximum Gasteiger partial charge on any atom is 0.326 e. The summed E-state index contributed by atoms with van der Waals surface area (Å²) >= 11 is 0. The van der Waals surface area contributed by atoms with Gasteiger partial charge in [-0.15, -0.1) is 0 Å². The van der Waals surface area contributed by atoms with Crippen LogP contribution in [0.3, 0.4) is 0 Å². The average molecular weight is 381 g/mol. The van der Waals surface area contributed by atoms with E-state index in [0.29, 0.717) is 25.8 Å². The van der Waals surface area contributed by atoms with Gasteiger partial charge in [-0.2, -0.15) is 0 Å². The van der Waals surface area contributed by atoms with Gasteiger partial charge in [-0.3, -0.25) is 14.4 Å². The molecule has 0 spiro atoms. The molecule has 1 fully saturated rings. The average Bonchev–Trinajstić information content (AvgIpc) is 3.13. The number of hydrogen-bond acceptors (Lipinski definition) is 4. The minimum absolute atomic E-state index is 0.174. The molecule has 27 heavy (non-hydrogen) atoms. The Kier molecular flexibility index (Phi) is 10.1. The largest absolute Gasteiger partial charge is 0.480 e. The highest BCUT2D eigenvalue weighted by Crippen LogP contribution is 2.18. The van der Waals surface area contributed by atoms with Crippen LogP contribution >= 0.6 is 0 Å². The highest BCUT2D eigenvalue weighted by molar-refractivity contribution is 5.91. The van der Waals surface area contributed by atoms with Gasteiger partial charge in [-0.25, -0.2) is 4.79 Å². The first-order valence-electron chi connectivity index (χ1n) is 9.58. The third kappa shape index (κ3) is 7.40. The standard InChI is InChI=1S/C19H31N3O5/c1-3-4-5-6-7-9-14(2)17(19(26)27)21-18(25)15-10-8-11-22(15)16(24)12-20-13-23/h7,9,13-15,17H,3-6,8,10-12H2,1-2H3,(H,20,23)(H,21,25)(H,26,27)/b9-7-/t14?,15-,17?/m0/s1. The van der Waals surface area contributed by atoms with Crippen LogP contribution in [-0.4, -0.2) is 59.4 Å². The highest BCUT2D eigenvalue weighted by atomic mass is 16.4. The summed E-state index contributed by atoms with van der Waals surface area (Å²) in [4.78, 5) is 48.0. The predicted octanol–water partition coefficient (Wildman–Crippen LogP) is 1.07. The SMILES string of the molecule is CCCCC/C=C\C(C)C(NC(=O)[C@@H]1CCCN1C(=O)CNC=O)C(=O)O. The Hall–Kier alpha value is -2.38. The number of allylic oxidation sites excluding steroid dienone is 1. The fourth-order valence-corrected chi connectivity index (χ4v) is 3.17. The molecule has 0 aromatic heterocycles. The van der Waals surface area contributed by atoms with Crippen molar-refractivity contribution in [1.82, 2.24) is 15.5 Å². The van der Waals surface area contributed by atoms with Crippen molar-refractivity contribution in [1.29, 1.82) is 0 Å². The molecule has 0 radical (unpaired) electrons. The molecular weight excluding hydrogens is 350 g/mol. The van der Waals surface area contributed by atoms with E-state index in [9.17, 15) is 24.3 Å². The van der Waals surface area contributed by atoms with Gasteiger partial charge >= 0.3 is 5.97 Å². The number of nitrogens with one attached hydrogen (secondary N) is 2. The summed E-state index contributed by atoms with van der Waals surface area (Å²) in [6, 6.07) is -1.75. The zero-order valence-electron chi connectivity index (χ0n) is 16.1. The van der Waals surface area contributed by atoms with Crippen LogP contribution in [0.2, 0.25) is 0 Å².